The summed E-state index contributed by atoms with van der Waals surface area (Å²) in [6, 6.07) is 12.2. The van der Waals surface area contributed by atoms with Crippen LogP contribution in [0.4, 0.5) is 11.4 Å². The zero-order valence-corrected chi connectivity index (χ0v) is 15.3. The fraction of sp³-hybridized carbons (Fsp3) is 0.235. The standard InChI is InChI=1S/C17H19ClN2O3S/c1-12-6-4-7-13(2)17(12)20(24(3,22)23)11-16(21)19-15-9-5-8-14(18)10-15/h4-10H,11H2,1-3H3,(H,19,21). The highest BCUT2D eigenvalue weighted by Crippen LogP contribution is 2.26. The van der Waals surface area contributed by atoms with Crippen LogP contribution in [0.25, 0.3) is 0 Å². The van der Waals surface area contributed by atoms with Gasteiger partial charge in [0.1, 0.15) is 6.54 Å². The monoisotopic (exact) mass is 366 g/mol. The van der Waals surface area contributed by atoms with Gasteiger partial charge in [0.2, 0.25) is 15.9 Å². The predicted octanol–water partition coefficient (Wildman–Crippen LogP) is 3.36. The molecule has 0 fully saturated rings. The number of nitrogens with zero attached hydrogens (tertiary/aromatic N) is 1. The number of para-hydroxylation sites is 1. The molecular formula is C17H19ClN2O3S. The summed E-state index contributed by atoms with van der Waals surface area (Å²) in [4.78, 5) is 12.3. The van der Waals surface area contributed by atoms with Gasteiger partial charge in [-0.3, -0.25) is 9.10 Å². The van der Waals surface area contributed by atoms with E-state index in [2.05, 4.69) is 5.32 Å². The summed E-state index contributed by atoms with van der Waals surface area (Å²) in [6.07, 6.45) is 1.09. The molecule has 0 bridgehead atoms. The Morgan fingerprint density at radius 3 is 2.25 bits per heavy atom. The van der Waals surface area contributed by atoms with Crippen molar-refractivity contribution >= 4 is 38.9 Å². The first-order chi connectivity index (χ1) is 11.2. The summed E-state index contributed by atoms with van der Waals surface area (Å²) in [5.74, 6) is -0.439. The van der Waals surface area contributed by atoms with Gasteiger partial charge in [-0.15, -0.1) is 0 Å². The first-order valence-corrected chi connectivity index (χ1v) is 9.50. The number of anilines is 2. The van der Waals surface area contributed by atoms with Crippen LogP contribution in [0.2, 0.25) is 5.02 Å². The summed E-state index contributed by atoms with van der Waals surface area (Å²) in [5, 5.41) is 3.15. The Morgan fingerprint density at radius 1 is 1.12 bits per heavy atom. The molecule has 1 N–H and O–H groups in total. The van der Waals surface area contributed by atoms with E-state index in [0.29, 0.717) is 16.4 Å². The van der Waals surface area contributed by atoms with Crippen molar-refractivity contribution < 1.29 is 13.2 Å². The Kier molecular flexibility index (Phi) is 5.51. The van der Waals surface area contributed by atoms with Gasteiger partial charge in [0.05, 0.1) is 11.9 Å². The lowest BCUT2D eigenvalue weighted by Gasteiger charge is -2.25. The van der Waals surface area contributed by atoms with Crippen LogP contribution in [0.15, 0.2) is 42.5 Å². The number of hydrogen-bond donors (Lipinski definition) is 1. The van der Waals surface area contributed by atoms with Crippen molar-refractivity contribution in [1.82, 2.24) is 0 Å². The molecule has 1 amide bonds. The molecule has 2 aromatic rings. The van der Waals surface area contributed by atoms with Gasteiger partial charge in [0, 0.05) is 10.7 Å². The van der Waals surface area contributed by atoms with Crippen molar-refractivity contribution in [1.29, 1.82) is 0 Å². The molecule has 0 aliphatic heterocycles. The molecule has 0 saturated carbocycles. The quantitative estimate of drug-likeness (QED) is 0.882. The smallest absolute Gasteiger partial charge is 0.245 e. The zero-order valence-electron chi connectivity index (χ0n) is 13.7. The molecule has 0 saturated heterocycles. The van der Waals surface area contributed by atoms with Gasteiger partial charge in [-0.25, -0.2) is 8.42 Å². The van der Waals surface area contributed by atoms with Crippen LogP contribution in [0.1, 0.15) is 11.1 Å². The highest BCUT2D eigenvalue weighted by Gasteiger charge is 2.23. The van der Waals surface area contributed by atoms with E-state index in [1.54, 1.807) is 24.3 Å². The molecule has 24 heavy (non-hydrogen) atoms. The Labute approximate surface area is 147 Å². The Balaban J connectivity index is 2.29. The van der Waals surface area contributed by atoms with Crippen LogP contribution >= 0.6 is 11.6 Å². The number of halogens is 1. The molecule has 0 aliphatic rings. The molecule has 0 aromatic heterocycles. The Hall–Kier alpha value is -2.05. The maximum atomic E-state index is 12.3. The SMILES string of the molecule is Cc1cccc(C)c1N(CC(=O)Nc1cccc(Cl)c1)S(C)(=O)=O. The Bertz CT molecular complexity index is 846. The minimum Gasteiger partial charge on any atom is -0.324 e. The normalized spacial score (nSPS) is 11.2. The fourth-order valence-electron chi connectivity index (χ4n) is 2.46. The number of amides is 1. The van der Waals surface area contributed by atoms with Gasteiger partial charge in [-0.1, -0.05) is 35.9 Å². The molecule has 128 valence electrons. The van der Waals surface area contributed by atoms with E-state index in [4.69, 9.17) is 11.6 Å². The maximum Gasteiger partial charge on any atom is 0.245 e. The number of carbonyl (C=O) groups excluding carboxylic acids is 1. The largest absolute Gasteiger partial charge is 0.324 e. The molecule has 0 unspecified atom stereocenters. The summed E-state index contributed by atoms with van der Waals surface area (Å²) in [7, 11) is -3.61. The first-order valence-electron chi connectivity index (χ1n) is 7.28. The van der Waals surface area contributed by atoms with Gasteiger partial charge >= 0.3 is 0 Å². The average Bonchev–Trinajstić information content (AvgIpc) is 2.45. The van der Waals surface area contributed by atoms with Crippen molar-refractivity contribution in [2.75, 3.05) is 22.4 Å². The number of sulfonamides is 1. The van der Waals surface area contributed by atoms with Gasteiger partial charge in [0.15, 0.2) is 0 Å². The highest BCUT2D eigenvalue weighted by atomic mass is 35.5. The Morgan fingerprint density at radius 2 is 1.71 bits per heavy atom. The maximum absolute atomic E-state index is 12.3. The molecular weight excluding hydrogens is 348 g/mol. The highest BCUT2D eigenvalue weighted by molar-refractivity contribution is 7.92. The summed E-state index contributed by atoms with van der Waals surface area (Å²) < 4.78 is 25.5. The third kappa shape index (κ3) is 4.49. The molecule has 0 spiro atoms. The second-order valence-corrected chi connectivity index (χ2v) is 7.91. The van der Waals surface area contributed by atoms with Gasteiger partial charge in [0.25, 0.3) is 0 Å². The number of aryl methyl sites for hydroxylation is 2. The van der Waals surface area contributed by atoms with Crippen molar-refractivity contribution in [3.05, 3.63) is 58.6 Å². The molecule has 7 heteroatoms. The molecule has 2 rings (SSSR count). The van der Waals surface area contributed by atoms with E-state index in [-0.39, 0.29) is 6.54 Å². The summed E-state index contributed by atoms with van der Waals surface area (Å²) in [5.41, 5.74) is 2.62. The minimum absolute atomic E-state index is 0.308. The number of nitrogens with one attached hydrogen (secondary N) is 1. The van der Waals surface area contributed by atoms with Crippen LogP contribution in [-0.4, -0.2) is 27.1 Å². The first kappa shape index (κ1) is 18.3. The molecule has 0 atom stereocenters. The second-order valence-electron chi connectivity index (χ2n) is 5.57. The van der Waals surface area contributed by atoms with E-state index < -0.39 is 15.9 Å². The third-order valence-corrected chi connectivity index (χ3v) is 4.83. The van der Waals surface area contributed by atoms with Gasteiger partial charge in [-0.05, 0) is 43.2 Å². The topological polar surface area (TPSA) is 66.5 Å². The van der Waals surface area contributed by atoms with Gasteiger partial charge < -0.3 is 5.32 Å². The number of hydrogen-bond acceptors (Lipinski definition) is 3. The van der Waals surface area contributed by atoms with E-state index in [0.717, 1.165) is 21.7 Å². The lowest BCUT2D eigenvalue weighted by Crippen LogP contribution is -2.38. The number of benzene rings is 2. The van der Waals surface area contributed by atoms with Crippen molar-refractivity contribution in [2.45, 2.75) is 13.8 Å². The fourth-order valence-corrected chi connectivity index (χ4v) is 3.62. The lowest BCUT2D eigenvalue weighted by molar-refractivity contribution is -0.114. The van der Waals surface area contributed by atoms with E-state index >= 15 is 0 Å². The van der Waals surface area contributed by atoms with Crippen LogP contribution in [-0.2, 0) is 14.8 Å². The number of rotatable bonds is 5. The van der Waals surface area contributed by atoms with E-state index in [1.807, 2.05) is 32.0 Å². The summed E-state index contributed by atoms with van der Waals surface area (Å²) in [6.45, 7) is 3.32. The predicted molar refractivity (Wildman–Crippen MR) is 98.2 cm³/mol. The van der Waals surface area contributed by atoms with Crippen molar-refractivity contribution in [3.63, 3.8) is 0 Å². The van der Waals surface area contributed by atoms with Crippen molar-refractivity contribution in [2.24, 2.45) is 0 Å². The second kappa shape index (κ2) is 7.23. The molecule has 0 heterocycles. The zero-order chi connectivity index (χ0) is 17.9. The van der Waals surface area contributed by atoms with E-state index in [9.17, 15) is 13.2 Å². The van der Waals surface area contributed by atoms with Crippen LogP contribution in [0, 0.1) is 13.8 Å². The van der Waals surface area contributed by atoms with Gasteiger partial charge in [-0.2, -0.15) is 0 Å². The number of carbonyl (C=O) groups is 1. The average molecular weight is 367 g/mol. The van der Waals surface area contributed by atoms with Crippen LogP contribution in [0.5, 0.6) is 0 Å². The van der Waals surface area contributed by atoms with Crippen LogP contribution in [0.3, 0.4) is 0 Å². The molecule has 0 radical (unpaired) electrons. The third-order valence-electron chi connectivity index (χ3n) is 3.48. The molecule has 0 aliphatic carbocycles. The van der Waals surface area contributed by atoms with Crippen LogP contribution < -0.4 is 9.62 Å². The lowest BCUT2D eigenvalue weighted by atomic mass is 10.1. The van der Waals surface area contributed by atoms with E-state index in [1.165, 1.54) is 0 Å². The molecule has 5 nitrogen and oxygen atoms in total. The minimum atomic E-state index is -3.61. The van der Waals surface area contributed by atoms with Crippen molar-refractivity contribution in [3.8, 4) is 0 Å². The summed E-state index contributed by atoms with van der Waals surface area (Å²) >= 11 is 5.89. The molecule has 2 aromatic carbocycles.